The first kappa shape index (κ1) is 11.5. The van der Waals surface area contributed by atoms with Crippen molar-refractivity contribution < 1.29 is 14.3 Å². The van der Waals surface area contributed by atoms with Gasteiger partial charge in [0, 0.05) is 0 Å². The fraction of sp³-hybridized carbons (Fsp3) is 0.556. The fourth-order valence-corrected chi connectivity index (χ4v) is 0.760. The minimum atomic E-state index is -0.629. The monoisotopic (exact) mass is 183 g/mol. The Kier molecular flexibility index (Phi) is 5.37. The van der Waals surface area contributed by atoms with Gasteiger partial charge in [-0.2, -0.15) is 5.26 Å². The Morgan fingerprint density at radius 3 is 2.23 bits per heavy atom. The summed E-state index contributed by atoms with van der Waals surface area (Å²) in [6.45, 7) is 5.71. The molecule has 0 aliphatic carbocycles. The number of carbonyl (C=O) groups is 1. The Morgan fingerprint density at radius 1 is 1.31 bits per heavy atom. The predicted molar refractivity (Wildman–Crippen MR) is 46.6 cm³/mol. The van der Waals surface area contributed by atoms with Crippen molar-refractivity contribution >= 4 is 5.97 Å². The van der Waals surface area contributed by atoms with Gasteiger partial charge < -0.3 is 9.47 Å². The molecule has 0 saturated heterocycles. The molecule has 0 bridgehead atoms. The van der Waals surface area contributed by atoms with E-state index in [4.69, 9.17) is 10.00 Å². The molecule has 0 aromatic carbocycles. The van der Waals surface area contributed by atoms with Crippen LogP contribution in [0.25, 0.3) is 0 Å². The molecular formula is C9H13NO3. The van der Waals surface area contributed by atoms with E-state index in [1.54, 1.807) is 26.8 Å². The van der Waals surface area contributed by atoms with Crippen molar-refractivity contribution in [2.75, 3.05) is 13.2 Å². The van der Waals surface area contributed by atoms with E-state index in [1.165, 1.54) is 0 Å². The van der Waals surface area contributed by atoms with E-state index in [1.807, 2.05) is 0 Å². The quantitative estimate of drug-likeness (QED) is 0.286. The number of allylic oxidation sites excluding steroid dienone is 1. The lowest BCUT2D eigenvalue weighted by atomic mass is 10.2. The van der Waals surface area contributed by atoms with Gasteiger partial charge in [-0.05, 0) is 20.8 Å². The lowest BCUT2D eigenvalue weighted by Crippen LogP contribution is -2.09. The molecule has 0 rings (SSSR count). The molecular weight excluding hydrogens is 170 g/mol. The predicted octanol–water partition coefficient (Wildman–Crippen LogP) is 1.38. The Balaban J connectivity index is 4.59. The largest absolute Gasteiger partial charge is 0.497 e. The fourth-order valence-electron chi connectivity index (χ4n) is 0.760. The average molecular weight is 183 g/mol. The van der Waals surface area contributed by atoms with Crippen LogP contribution in [0.3, 0.4) is 0 Å². The highest BCUT2D eigenvalue weighted by Gasteiger charge is 2.14. The summed E-state index contributed by atoms with van der Waals surface area (Å²) in [5.74, 6) is -0.320. The zero-order valence-electron chi connectivity index (χ0n) is 8.09. The molecule has 4 heteroatoms. The van der Waals surface area contributed by atoms with Crippen LogP contribution in [0.4, 0.5) is 0 Å². The van der Waals surface area contributed by atoms with Crippen LogP contribution >= 0.6 is 0 Å². The molecule has 0 aliphatic rings. The van der Waals surface area contributed by atoms with Crippen molar-refractivity contribution in [2.45, 2.75) is 20.8 Å². The molecule has 0 atom stereocenters. The van der Waals surface area contributed by atoms with Crippen LogP contribution in [-0.2, 0) is 14.3 Å². The van der Waals surface area contributed by atoms with Gasteiger partial charge in [-0.15, -0.1) is 0 Å². The van der Waals surface area contributed by atoms with Gasteiger partial charge in [0.1, 0.15) is 11.8 Å². The standard InChI is InChI=1S/C9H13NO3/c1-4-12-7(3)8(6-10)9(11)13-5-2/h4-5H2,1-3H3/b8-7-. The van der Waals surface area contributed by atoms with E-state index < -0.39 is 5.97 Å². The van der Waals surface area contributed by atoms with Crippen LogP contribution in [0, 0.1) is 11.3 Å². The number of carbonyl (C=O) groups excluding carboxylic acids is 1. The first-order valence-electron chi connectivity index (χ1n) is 4.08. The average Bonchev–Trinajstić information content (AvgIpc) is 2.06. The third-order valence-corrected chi connectivity index (χ3v) is 1.30. The van der Waals surface area contributed by atoms with E-state index >= 15 is 0 Å². The zero-order valence-corrected chi connectivity index (χ0v) is 8.09. The van der Waals surface area contributed by atoms with Gasteiger partial charge in [0.25, 0.3) is 0 Å². The summed E-state index contributed by atoms with van der Waals surface area (Å²) in [4.78, 5) is 11.1. The SMILES string of the molecule is CCOC(=O)/C(C#N)=C(/C)OCC. The van der Waals surface area contributed by atoms with Crippen LogP contribution in [-0.4, -0.2) is 19.2 Å². The van der Waals surface area contributed by atoms with Crippen molar-refractivity contribution in [3.63, 3.8) is 0 Å². The minimum absolute atomic E-state index is 0.0660. The first-order chi connectivity index (χ1) is 6.17. The van der Waals surface area contributed by atoms with Crippen molar-refractivity contribution in [3.8, 4) is 6.07 Å². The Bertz CT molecular complexity index is 250. The maximum absolute atomic E-state index is 11.1. The molecule has 0 amide bonds. The van der Waals surface area contributed by atoms with Crippen LogP contribution in [0.2, 0.25) is 0 Å². The van der Waals surface area contributed by atoms with Gasteiger partial charge in [0.15, 0.2) is 5.57 Å². The maximum Gasteiger partial charge on any atom is 0.352 e. The van der Waals surface area contributed by atoms with E-state index in [0.717, 1.165) is 0 Å². The highest BCUT2D eigenvalue weighted by Crippen LogP contribution is 2.06. The van der Waals surface area contributed by atoms with Gasteiger partial charge in [-0.25, -0.2) is 4.79 Å². The van der Waals surface area contributed by atoms with Crippen molar-refractivity contribution in [3.05, 3.63) is 11.3 Å². The van der Waals surface area contributed by atoms with Crippen LogP contribution in [0.1, 0.15) is 20.8 Å². The molecule has 0 aromatic rings. The molecule has 13 heavy (non-hydrogen) atoms. The summed E-state index contributed by atoms with van der Waals surface area (Å²) in [6.07, 6.45) is 0. The number of nitriles is 1. The molecule has 0 N–H and O–H groups in total. The lowest BCUT2D eigenvalue weighted by Gasteiger charge is -2.05. The van der Waals surface area contributed by atoms with Crippen LogP contribution in [0.5, 0.6) is 0 Å². The normalized spacial score (nSPS) is 11.2. The minimum Gasteiger partial charge on any atom is -0.497 e. The topological polar surface area (TPSA) is 59.3 Å². The van der Waals surface area contributed by atoms with Crippen LogP contribution in [0.15, 0.2) is 11.3 Å². The Hall–Kier alpha value is -1.50. The van der Waals surface area contributed by atoms with Crippen molar-refractivity contribution in [1.29, 1.82) is 5.26 Å². The van der Waals surface area contributed by atoms with E-state index in [0.29, 0.717) is 12.4 Å². The molecule has 0 aliphatic heterocycles. The summed E-state index contributed by atoms with van der Waals surface area (Å²) >= 11 is 0. The second-order valence-corrected chi connectivity index (χ2v) is 2.20. The molecule has 0 spiro atoms. The number of hydrogen-bond acceptors (Lipinski definition) is 4. The van der Waals surface area contributed by atoms with Gasteiger partial charge in [0.05, 0.1) is 13.2 Å². The van der Waals surface area contributed by atoms with Crippen molar-refractivity contribution in [2.24, 2.45) is 0 Å². The number of esters is 1. The first-order valence-corrected chi connectivity index (χ1v) is 4.08. The lowest BCUT2D eigenvalue weighted by molar-refractivity contribution is -0.138. The number of ether oxygens (including phenoxy) is 2. The third-order valence-electron chi connectivity index (χ3n) is 1.30. The third kappa shape index (κ3) is 3.61. The summed E-state index contributed by atoms with van der Waals surface area (Å²) < 4.78 is 9.68. The Morgan fingerprint density at radius 2 is 1.85 bits per heavy atom. The van der Waals surface area contributed by atoms with Crippen molar-refractivity contribution in [1.82, 2.24) is 0 Å². The van der Waals surface area contributed by atoms with Crippen LogP contribution < -0.4 is 0 Å². The molecule has 0 saturated carbocycles. The van der Waals surface area contributed by atoms with E-state index in [-0.39, 0.29) is 12.2 Å². The molecule has 0 unspecified atom stereocenters. The highest BCUT2D eigenvalue weighted by atomic mass is 16.5. The summed E-state index contributed by atoms with van der Waals surface area (Å²) in [7, 11) is 0. The second kappa shape index (κ2) is 6.06. The summed E-state index contributed by atoms with van der Waals surface area (Å²) in [6, 6.07) is 1.75. The van der Waals surface area contributed by atoms with Gasteiger partial charge in [-0.3, -0.25) is 0 Å². The summed E-state index contributed by atoms with van der Waals surface area (Å²) in [5.41, 5.74) is -0.0660. The molecule has 0 fully saturated rings. The molecule has 72 valence electrons. The van der Waals surface area contributed by atoms with Gasteiger partial charge >= 0.3 is 5.97 Å². The molecule has 0 aromatic heterocycles. The zero-order chi connectivity index (χ0) is 10.3. The highest BCUT2D eigenvalue weighted by molar-refractivity contribution is 5.93. The Labute approximate surface area is 77.8 Å². The molecule has 0 radical (unpaired) electrons. The number of rotatable bonds is 4. The second-order valence-electron chi connectivity index (χ2n) is 2.20. The van der Waals surface area contributed by atoms with E-state index in [2.05, 4.69) is 4.74 Å². The molecule has 4 nitrogen and oxygen atoms in total. The van der Waals surface area contributed by atoms with Gasteiger partial charge in [-0.1, -0.05) is 0 Å². The van der Waals surface area contributed by atoms with Gasteiger partial charge in [0.2, 0.25) is 0 Å². The number of nitrogens with zero attached hydrogens (tertiary/aromatic N) is 1. The van der Waals surface area contributed by atoms with E-state index in [9.17, 15) is 4.79 Å². The maximum atomic E-state index is 11.1. The number of hydrogen-bond donors (Lipinski definition) is 0. The summed E-state index contributed by atoms with van der Waals surface area (Å²) in [5, 5.41) is 8.63. The smallest absolute Gasteiger partial charge is 0.352 e. The molecule has 0 heterocycles.